The molecule has 2 N–H and O–H groups in total. The molecular formula is C15H24O2. The van der Waals surface area contributed by atoms with Crippen LogP contribution in [0.5, 0.6) is 0 Å². The van der Waals surface area contributed by atoms with Crippen molar-refractivity contribution in [2.75, 3.05) is 6.61 Å². The van der Waals surface area contributed by atoms with E-state index in [9.17, 15) is 5.11 Å². The molecule has 0 spiro atoms. The Morgan fingerprint density at radius 1 is 1.24 bits per heavy atom. The van der Waals surface area contributed by atoms with Crippen molar-refractivity contribution < 1.29 is 10.2 Å². The molecule has 17 heavy (non-hydrogen) atoms. The molecule has 0 fully saturated rings. The second-order valence-corrected chi connectivity index (χ2v) is 4.55. The van der Waals surface area contributed by atoms with Gasteiger partial charge in [-0.25, -0.2) is 0 Å². The first-order valence-corrected chi connectivity index (χ1v) is 5.78. The lowest BCUT2D eigenvalue weighted by molar-refractivity contribution is 0.208. The molecule has 2 nitrogen and oxygen atoms in total. The van der Waals surface area contributed by atoms with Crippen LogP contribution in [0, 0.1) is 0 Å². The number of allylic oxidation sites excluding steroid dienone is 2. The highest BCUT2D eigenvalue weighted by Gasteiger charge is 2.13. The summed E-state index contributed by atoms with van der Waals surface area (Å²) < 4.78 is 0. The molecule has 0 aliphatic carbocycles. The van der Waals surface area contributed by atoms with Crippen molar-refractivity contribution in [3.05, 3.63) is 47.1 Å². The van der Waals surface area contributed by atoms with Gasteiger partial charge in [0.2, 0.25) is 0 Å². The molecule has 0 aromatic carbocycles. The third-order valence-corrected chi connectivity index (χ3v) is 2.94. The first-order valence-electron chi connectivity index (χ1n) is 5.78. The van der Waals surface area contributed by atoms with Crippen LogP contribution in [-0.2, 0) is 0 Å². The van der Waals surface area contributed by atoms with Gasteiger partial charge in [-0.2, -0.15) is 0 Å². The zero-order chi connectivity index (χ0) is 13.6. The number of hydrogen-bond donors (Lipinski definition) is 2. The molecule has 1 unspecified atom stereocenters. The van der Waals surface area contributed by atoms with Crippen molar-refractivity contribution in [1.82, 2.24) is 0 Å². The predicted octanol–water partition coefficient (Wildman–Crippen LogP) is 3.14. The Morgan fingerprint density at radius 3 is 2.06 bits per heavy atom. The molecule has 0 aliphatic heterocycles. The van der Waals surface area contributed by atoms with E-state index in [1.54, 1.807) is 6.08 Å². The van der Waals surface area contributed by atoms with Gasteiger partial charge >= 0.3 is 0 Å². The normalized spacial score (nSPS) is 13.8. The lowest BCUT2D eigenvalue weighted by Crippen LogP contribution is -2.13. The summed E-state index contributed by atoms with van der Waals surface area (Å²) in [6, 6.07) is 0. The molecule has 0 amide bonds. The van der Waals surface area contributed by atoms with E-state index in [1.165, 1.54) is 0 Å². The van der Waals surface area contributed by atoms with Crippen LogP contribution in [0.4, 0.5) is 0 Å². The van der Waals surface area contributed by atoms with Crippen LogP contribution < -0.4 is 0 Å². The summed E-state index contributed by atoms with van der Waals surface area (Å²) in [4.78, 5) is 0. The third-order valence-electron chi connectivity index (χ3n) is 2.94. The van der Waals surface area contributed by atoms with E-state index in [-0.39, 0.29) is 6.61 Å². The Balaban J connectivity index is 5.04. The lowest BCUT2D eigenvalue weighted by Gasteiger charge is -2.18. The number of aliphatic hydroxyl groups excluding tert-OH is 2. The van der Waals surface area contributed by atoms with Gasteiger partial charge in [-0.15, -0.1) is 0 Å². The van der Waals surface area contributed by atoms with Crippen LogP contribution >= 0.6 is 0 Å². The van der Waals surface area contributed by atoms with E-state index in [0.717, 1.165) is 22.3 Å². The van der Waals surface area contributed by atoms with Crippen LogP contribution in [0.2, 0.25) is 0 Å². The van der Waals surface area contributed by atoms with Crippen molar-refractivity contribution in [2.24, 2.45) is 0 Å². The van der Waals surface area contributed by atoms with E-state index < -0.39 is 6.10 Å². The highest BCUT2D eigenvalue weighted by molar-refractivity contribution is 5.34. The van der Waals surface area contributed by atoms with Gasteiger partial charge in [0.15, 0.2) is 0 Å². The fourth-order valence-corrected chi connectivity index (χ4v) is 1.72. The summed E-state index contributed by atoms with van der Waals surface area (Å²) in [6.07, 6.45) is 1.51. The first kappa shape index (κ1) is 15.9. The summed E-state index contributed by atoms with van der Waals surface area (Å²) in [5.41, 5.74) is 4.67. The Labute approximate surface area is 105 Å². The van der Waals surface area contributed by atoms with Crippen molar-refractivity contribution >= 4 is 0 Å². The maximum atomic E-state index is 10.1. The molecule has 0 aromatic rings. The Hall–Kier alpha value is -1.12. The zero-order valence-electron chi connectivity index (χ0n) is 11.4. The zero-order valence-corrected chi connectivity index (χ0v) is 11.4. The van der Waals surface area contributed by atoms with Crippen LogP contribution in [0.3, 0.4) is 0 Å². The van der Waals surface area contributed by atoms with Gasteiger partial charge in [0.05, 0.1) is 12.7 Å². The minimum Gasteiger partial charge on any atom is -0.392 e. The third kappa shape index (κ3) is 4.72. The summed E-state index contributed by atoms with van der Waals surface area (Å²) in [5.74, 6) is 0. The van der Waals surface area contributed by atoms with E-state index in [2.05, 4.69) is 13.2 Å². The minimum absolute atomic E-state index is 0.0936. The highest BCUT2D eigenvalue weighted by Crippen LogP contribution is 2.23. The fourth-order valence-electron chi connectivity index (χ4n) is 1.72. The van der Waals surface area contributed by atoms with Crippen molar-refractivity contribution in [3.63, 3.8) is 0 Å². The van der Waals surface area contributed by atoms with Gasteiger partial charge in [-0.05, 0) is 44.4 Å². The Morgan fingerprint density at radius 2 is 1.76 bits per heavy atom. The second kappa shape index (κ2) is 7.25. The summed E-state index contributed by atoms with van der Waals surface area (Å²) in [7, 11) is 0. The summed E-state index contributed by atoms with van der Waals surface area (Å²) >= 11 is 0. The van der Waals surface area contributed by atoms with Gasteiger partial charge < -0.3 is 10.2 Å². The predicted molar refractivity (Wildman–Crippen MR) is 73.8 cm³/mol. The SMILES string of the molecule is C=C/C(CO)=C(/C)C(O)CC(C(=C)C)=C(C)C. The van der Waals surface area contributed by atoms with E-state index in [1.807, 2.05) is 27.7 Å². The maximum Gasteiger partial charge on any atom is 0.0794 e. The van der Waals surface area contributed by atoms with Crippen molar-refractivity contribution in [3.8, 4) is 0 Å². The molecule has 2 heteroatoms. The molecule has 0 saturated carbocycles. The Kier molecular flexibility index (Phi) is 6.78. The topological polar surface area (TPSA) is 40.5 Å². The van der Waals surface area contributed by atoms with Crippen LogP contribution in [-0.4, -0.2) is 22.9 Å². The average Bonchev–Trinajstić information content (AvgIpc) is 2.25. The molecule has 0 aliphatic rings. The monoisotopic (exact) mass is 236 g/mol. The van der Waals surface area contributed by atoms with Crippen LogP contribution in [0.25, 0.3) is 0 Å². The molecule has 0 bridgehead atoms. The number of hydrogen-bond acceptors (Lipinski definition) is 2. The van der Waals surface area contributed by atoms with Gasteiger partial charge in [0.25, 0.3) is 0 Å². The van der Waals surface area contributed by atoms with Gasteiger partial charge in [0, 0.05) is 6.42 Å². The smallest absolute Gasteiger partial charge is 0.0794 e. The molecule has 96 valence electrons. The minimum atomic E-state index is -0.600. The van der Waals surface area contributed by atoms with Gasteiger partial charge in [-0.1, -0.05) is 30.4 Å². The van der Waals surface area contributed by atoms with Crippen molar-refractivity contribution in [1.29, 1.82) is 0 Å². The average molecular weight is 236 g/mol. The second-order valence-electron chi connectivity index (χ2n) is 4.55. The molecule has 0 heterocycles. The van der Waals surface area contributed by atoms with Crippen LogP contribution in [0.15, 0.2) is 47.1 Å². The standard InChI is InChI=1S/C15H24O2/c1-7-13(9-16)12(6)15(17)8-14(10(2)3)11(4)5/h7,15-17H,1-2,8-9H2,3-6H3/b13-12+. The van der Waals surface area contributed by atoms with E-state index in [4.69, 9.17) is 5.11 Å². The number of aliphatic hydroxyl groups is 2. The molecule has 0 rings (SSSR count). The molecule has 0 aromatic heterocycles. The van der Waals surface area contributed by atoms with Gasteiger partial charge in [-0.3, -0.25) is 0 Å². The maximum absolute atomic E-state index is 10.1. The quantitative estimate of drug-likeness (QED) is 0.695. The fraction of sp³-hybridized carbons (Fsp3) is 0.467. The highest BCUT2D eigenvalue weighted by atomic mass is 16.3. The summed E-state index contributed by atoms with van der Waals surface area (Å²) in [5, 5.41) is 19.3. The number of rotatable bonds is 6. The largest absolute Gasteiger partial charge is 0.392 e. The molecular weight excluding hydrogens is 212 g/mol. The summed E-state index contributed by atoms with van der Waals surface area (Å²) in [6.45, 7) is 15.2. The van der Waals surface area contributed by atoms with Gasteiger partial charge in [0.1, 0.15) is 0 Å². The molecule has 1 atom stereocenters. The molecule has 0 radical (unpaired) electrons. The van der Waals surface area contributed by atoms with Crippen molar-refractivity contribution in [2.45, 2.75) is 40.2 Å². The Bertz CT molecular complexity index is 355. The van der Waals surface area contributed by atoms with E-state index in [0.29, 0.717) is 12.0 Å². The first-order chi connectivity index (χ1) is 7.84. The van der Waals surface area contributed by atoms with Crippen LogP contribution in [0.1, 0.15) is 34.1 Å². The van der Waals surface area contributed by atoms with E-state index >= 15 is 0 Å². The lowest BCUT2D eigenvalue weighted by atomic mass is 9.93. The molecule has 0 saturated heterocycles.